The van der Waals surface area contributed by atoms with E-state index in [4.69, 9.17) is 13.8 Å². The van der Waals surface area contributed by atoms with Crippen LogP contribution in [0.25, 0.3) is 0 Å². The number of alkyl carbamates (subject to hydrolysis) is 1. The number of hydrogen-bond donors (Lipinski definition) is 4. The molecule has 0 aliphatic carbocycles. The third-order valence-corrected chi connectivity index (χ3v) is 8.87. The fraction of sp³-hybridized carbons (Fsp3) is 0.889. The van der Waals surface area contributed by atoms with Crippen LogP contribution in [0.3, 0.4) is 0 Å². The Balaban J connectivity index is 3.17. The predicted octanol–water partition coefficient (Wildman–Crippen LogP) is 4.47. The highest BCUT2D eigenvalue weighted by molar-refractivity contribution is 7.54. The van der Waals surface area contributed by atoms with Gasteiger partial charge in [0.15, 0.2) is 5.85 Å². The minimum Gasteiger partial charge on any atom is -0.449 e. The van der Waals surface area contributed by atoms with Gasteiger partial charge in [-0.05, 0) is 64.2 Å². The van der Waals surface area contributed by atoms with E-state index in [1.165, 1.54) is 0 Å². The van der Waals surface area contributed by atoms with Gasteiger partial charge in [-0.25, -0.2) is 4.79 Å². The zero-order chi connectivity index (χ0) is 29.3. The SMILES string of the molecule is CCCC1CCCCCC(=O)NCCC[C@@H](C(O)P(=O)(OCC)OCC)NC(=O)[C@H](CC(C)C)NC(=O)OC1. The number of nitrogens with one attached hydrogen (secondary N) is 3. The van der Waals surface area contributed by atoms with Gasteiger partial charge in [-0.3, -0.25) is 14.2 Å². The quantitative estimate of drug-likeness (QED) is 0.278. The molecule has 0 aromatic carbocycles. The highest BCUT2D eigenvalue weighted by Gasteiger charge is 2.41. The number of aliphatic hydroxyl groups is 1. The number of rotatable bonds is 10. The maximum absolute atomic E-state index is 13.4. The van der Waals surface area contributed by atoms with E-state index in [1.54, 1.807) is 13.8 Å². The largest absolute Gasteiger partial charge is 0.449 e. The molecule has 0 aromatic rings. The van der Waals surface area contributed by atoms with Crippen molar-refractivity contribution in [3.05, 3.63) is 0 Å². The van der Waals surface area contributed by atoms with Gasteiger partial charge in [-0.15, -0.1) is 0 Å². The first-order chi connectivity index (χ1) is 18.6. The summed E-state index contributed by atoms with van der Waals surface area (Å²) in [7, 11) is -3.97. The highest BCUT2D eigenvalue weighted by atomic mass is 31.2. The fourth-order valence-corrected chi connectivity index (χ4v) is 6.45. The Kier molecular flexibility index (Phi) is 17.6. The smallest absolute Gasteiger partial charge is 0.407 e. The summed E-state index contributed by atoms with van der Waals surface area (Å²) < 4.78 is 29.5. The summed E-state index contributed by atoms with van der Waals surface area (Å²) in [6.07, 6.45) is 6.11. The molecule has 12 heteroatoms. The molecule has 0 bridgehead atoms. The molecule has 1 rings (SSSR count). The van der Waals surface area contributed by atoms with Crippen molar-refractivity contribution in [3.63, 3.8) is 0 Å². The number of ether oxygens (including phenoxy) is 1. The summed E-state index contributed by atoms with van der Waals surface area (Å²) in [6, 6.07) is -1.92. The van der Waals surface area contributed by atoms with Crippen LogP contribution in [-0.2, 0) is 27.9 Å². The van der Waals surface area contributed by atoms with Crippen LogP contribution in [0, 0.1) is 11.8 Å². The van der Waals surface area contributed by atoms with E-state index in [2.05, 4.69) is 22.9 Å². The van der Waals surface area contributed by atoms with Crippen LogP contribution in [-0.4, -0.2) is 67.3 Å². The van der Waals surface area contributed by atoms with Crippen molar-refractivity contribution in [1.82, 2.24) is 16.0 Å². The molecule has 228 valence electrons. The molecule has 2 unspecified atom stereocenters. The van der Waals surface area contributed by atoms with Gasteiger partial charge in [0, 0.05) is 13.0 Å². The van der Waals surface area contributed by atoms with E-state index in [9.17, 15) is 24.1 Å². The monoisotopic (exact) mass is 577 g/mol. The van der Waals surface area contributed by atoms with Crippen molar-refractivity contribution < 1.29 is 37.8 Å². The standard InChI is InChI=1S/C27H52N3O8P/c1-6-13-21-14-10-9-11-16-24(31)28-17-12-15-22(26(33)39(35,37-7-2)38-8-3)29-25(32)23(18-20(4)5)30-27(34)36-19-21/h20-23,26,33H,6-19H2,1-5H3,(H,28,31)(H,29,32)(H,30,34)/t21?,22-,23-,26?/m0/s1. The first-order valence-corrected chi connectivity index (χ1v) is 16.2. The van der Waals surface area contributed by atoms with Gasteiger partial charge < -0.3 is 34.8 Å². The maximum Gasteiger partial charge on any atom is 0.407 e. The molecule has 1 aliphatic heterocycles. The lowest BCUT2D eigenvalue weighted by Gasteiger charge is -2.31. The van der Waals surface area contributed by atoms with Crippen LogP contribution in [0.15, 0.2) is 0 Å². The number of carbonyl (C=O) groups is 3. The number of cyclic esters (lactones) is 1. The predicted molar refractivity (Wildman–Crippen MR) is 150 cm³/mol. The van der Waals surface area contributed by atoms with E-state index >= 15 is 0 Å². The molecule has 4 atom stereocenters. The molecule has 3 amide bonds. The minimum atomic E-state index is -3.97. The van der Waals surface area contributed by atoms with Crippen LogP contribution < -0.4 is 16.0 Å². The molecule has 1 heterocycles. The average Bonchev–Trinajstić information content (AvgIpc) is 2.87. The molecule has 1 fully saturated rings. The molecule has 11 nitrogen and oxygen atoms in total. The second kappa shape index (κ2) is 19.4. The van der Waals surface area contributed by atoms with E-state index in [-0.39, 0.29) is 44.0 Å². The molecular weight excluding hydrogens is 525 g/mol. The normalized spacial score (nSPS) is 24.4. The zero-order valence-electron chi connectivity index (χ0n) is 24.5. The van der Waals surface area contributed by atoms with Crippen LogP contribution in [0.2, 0.25) is 0 Å². The zero-order valence-corrected chi connectivity index (χ0v) is 25.4. The van der Waals surface area contributed by atoms with Gasteiger partial charge in [-0.2, -0.15) is 0 Å². The van der Waals surface area contributed by atoms with Crippen molar-refractivity contribution in [2.45, 2.75) is 117 Å². The van der Waals surface area contributed by atoms with E-state index < -0.39 is 37.5 Å². The van der Waals surface area contributed by atoms with Crippen molar-refractivity contribution in [3.8, 4) is 0 Å². The number of carbonyl (C=O) groups excluding carboxylic acids is 3. The number of amides is 3. The number of hydrogen-bond acceptors (Lipinski definition) is 8. The van der Waals surface area contributed by atoms with Gasteiger partial charge >= 0.3 is 13.7 Å². The Morgan fingerprint density at radius 3 is 2.31 bits per heavy atom. The summed E-state index contributed by atoms with van der Waals surface area (Å²) in [5.41, 5.74) is 0. The summed E-state index contributed by atoms with van der Waals surface area (Å²) >= 11 is 0. The van der Waals surface area contributed by atoms with Crippen LogP contribution in [0.1, 0.15) is 98.8 Å². The molecule has 0 saturated carbocycles. The Hall–Kier alpha value is -1.68. The van der Waals surface area contributed by atoms with E-state index in [0.717, 1.165) is 38.5 Å². The second-order valence-electron chi connectivity index (χ2n) is 10.6. The lowest BCUT2D eigenvalue weighted by molar-refractivity contribution is -0.125. The highest BCUT2D eigenvalue weighted by Crippen LogP contribution is 2.53. The maximum atomic E-state index is 13.4. The molecule has 0 spiro atoms. The third-order valence-electron chi connectivity index (χ3n) is 6.62. The molecule has 0 aromatic heterocycles. The van der Waals surface area contributed by atoms with Gasteiger partial charge in [0.1, 0.15) is 6.04 Å². The van der Waals surface area contributed by atoms with Gasteiger partial charge in [0.2, 0.25) is 11.8 Å². The van der Waals surface area contributed by atoms with E-state index in [0.29, 0.717) is 25.8 Å². The lowest BCUT2D eigenvalue weighted by atomic mass is 9.97. The molecule has 1 aliphatic rings. The topological polar surface area (TPSA) is 152 Å². The molecular formula is C27H52N3O8P. The molecule has 39 heavy (non-hydrogen) atoms. The Morgan fingerprint density at radius 1 is 1.00 bits per heavy atom. The summed E-state index contributed by atoms with van der Waals surface area (Å²) in [5.74, 6) is -1.93. The van der Waals surface area contributed by atoms with Crippen LogP contribution >= 0.6 is 7.60 Å². The van der Waals surface area contributed by atoms with Crippen molar-refractivity contribution >= 4 is 25.5 Å². The summed E-state index contributed by atoms with van der Waals surface area (Å²) in [6.45, 7) is 9.91. The van der Waals surface area contributed by atoms with Crippen LogP contribution in [0.5, 0.6) is 0 Å². The average molecular weight is 578 g/mol. The second-order valence-corrected chi connectivity index (χ2v) is 12.7. The van der Waals surface area contributed by atoms with Crippen LogP contribution in [0.4, 0.5) is 4.79 Å². The summed E-state index contributed by atoms with van der Waals surface area (Å²) in [5, 5.41) is 19.4. The van der Waals surface area contributed by atoms with Crippen molar-refractivity contribution in [1.29, 1.82) is 0 Å². The first-order valence-electron chi connectivity index (χ1n) is 14.6. The lowest BCUT2D eigenvalue weighted by Crippen LogP contribution is -2.53. The van der Waals surface area contributed by atoms with Gasteiger partial charge in [0.05, 0.1) is 25.9 Å². The van der Waals surface area contributed by atoms with Crippen molar-refractivity contribution in [2.75, 3.05) is 26.4 Å². The Bertz CT molecular complexity index is 772. The van der Waals surface area contributed by atoms with Gasteiger partial charge in [-0.1, -0.05) is 40.0 Å². The Morgan fingerprint density at radius 2 is 1.69 bits per heavy atom. The summed E-state index contributed by atoms with van der Waals surface area (Å²) in [4.78, 5) is 38.4. The van der Waals surface area contributed by atoms with E-state index in [1.807, 2.05) is 13.8 Å². The minimum absolute atomic E-state index is 0.0491. The third kappa shape index (κ3) is 14.0. The van der Waals surface area contributed by atoms with Crippen molar-refractivity contribution in [2.24, 2.45) is 11.8 Å². The number of aliphatic hydroxyl groups excluding tert-OH is 1. The fourth-order valence-electron chi connectivity index (χ4n) is 4.68. The van der Waals surface area contributed by atoms with Gasteiger partial charge in [0.25, 0.3) is 0 Å². The molecule has 1 saturated heterocycles. The molecule has 0 radical (unpaired) electrons. The molecule has 4 N–H and O–H groups in total. The first kappa shape index (κ1) is 35.3. The Labute approximate surface area is 234 Å².